The summed E-state index contributed by atoms with van der Waals surface area (Å²) in [6.45, 7) is 2.86. The van der Waals surface area contributed by atoms with Crippen molar-refractivity contribution in [1.29, 1.82) is 0 Å². The number of ether oxygens (including phenoxy) is 2. The Hall–Kier alpha value is -1.03. The molecule has 0 aromatic heterocycles. The van der Waals surface area contributed by atoms with E-state index in [4.69, 9.17) is 9.47 Å². The van der Waals surface area contributed by atoms with Crippen molar-refractivity contribution in [2.24, 2.45) is 0 Å². The molecule has 0 atom stereocenters. The van der Waals surface area contributed by atoms with Gasteiger partial charge in [0.15, 0.2) is 11.5 Å². The van der Waals surface area contributed by atoms with E-state index in [-0.39, 0.29) is 0 Å². The summed E-state index contributed by atoms with van der Waals surface area (Å²) >= 11 is 4.15. The van der Waals surface area contributed by atoms with Crippen LogP contribution >= 0.6 is 12.6 Å². The number of hydrogen-bond acceptors (Lipinski definition) is 4. The average Bonchev–Trinajstić information content (AvgIpc) is 2.27. The fraction of sp³-hybridized carbons (Fsp3) is 0.455. The first-order valence-corrected chi connectivity index (χ1v) is 5.43. The lowest BCUT2D eigenvalue weighted by atomic mass is 10.1. The Morgan fingerprint density at radius 1 is 1.20 bits per heavy atom. The molecule has 1 aromatic rings. The van der Waals surface area contributed by atoms with E-state index in [0.717, 1.165) is 35.0 Å². The topological polar surface area (TPSA) is 30.5 Å². The van der Waals surface area contributed by atoms with E-state index in [1.165, 1.54) is 0 Å². The van der Waals surface area contributed by atoms with Gasteiger partial charge in [0.25, 0.3) is 0 Å². The monoisotopic (exact) mass is 227 g/mol. The minimum atomic E-state index is 0.741. The molecule has 0 bridgehead atoms. The Balaban J connectivity index is 2.97. The van der Waals surface area contributed by atoms with Crippen LogP contribution in [-0.4, -0.2) is 26.5 Å². The van der Waals surface area contributed by atoms with Crippen LogP contribution in [0.3, 0.4) is 0 Å². The Morgan fingerprint density at radius 2 is 1.80 bits per heavy atom. The smallest absolute Gasteiger partial charge is 0.162 e. The zero-order chi connectivity index (χ0) is 11.3. The zero-order valence-corrected chi connectivity index (χ0v) is 10.2. The number of rotatable bonds is 5. The van der Waals surface area contributed by atoms with E-state index in [1.807, 2.05) is 19.1 Å². The van der Waals surface area contributed by atoms with Crippen molar-refractivity contribution in [3.05, 3.63) is 17.7 Å². The third-order valence-corrected chi connectivity index (χ3v) is 2.38. The lowest BCUT2D eigenvalue weighted by molar-refractivity contribution is 0.355. The molecular formula is C11H17NO2S. The van der Waals surface area contributed by atoms with Crippen molar-refractivity contribution in [1.82, 2.24) is 0 Å². The minimum Gasteiger partial charge on any atom is -0.493 e. The summed E-state index contributed by atoms with van der Waals surface area (Å²) in [5, 5.41) is 3.28. The van der Waals surface area contributed by atoms with Gasteiger partial charge in [-0.05, 0) is 18.6 Å². The van der Waals surface area contributed by atoms with Crippen molar-refractivity contribution in [2.45, 2.75) is 6.92 Å². The molecule has 0 saturated heterocycles. The molecule has 0 saturated carbocycles. The summed E-state index contributed by atoms with van der Waals surface area (Å²) in [4.78, 5) is 0. The van der Waals surface area contributed by atoms with Crippen LogP contribution in [-0.2, 0) is 0 Å². The van der Waals surface area contributed by atoms with Gasteiger partial charge in [-0.1, -0.05) is 0 Å². The molecule has 0 aliphatic rings. The maximum absolute atomic E-state index is 5.23. The summed E-state index contributed by atoms with van der Waals surface area (Å²) in [5.74, 6) is 2.30. The molecule has 0 heterocycles. The Bertz CT molecular complexity index is 329. The van der Waals surface area contributed by atoms with Crippen LogP contribution in [0.15, 0.2) is 12.1 Å². The molecule has 1 N–H and O–H groups in total. The molecule has 0 fully saturated rings. The molecule has 1 aromatic carbocycles. The molecule has 3 nitrogen and oxygen atoms in total. The van der Waals surface area contributed by atoms with Crippen molar-refractivity contribution in [2.75, 3.05) is 31.8 Å². The average molecular weight is 227 g/mol. The third-order valence-electron chi connectivity index (χ3n) is 2.16. The van der Waals surface area contributed by atoms with Crippen LogP contribution < -0.4 is 14.8 Å². The van der Waals surface area contributed by atoms with Gasteiger partial charge in [0.05, 0.1) is 14.2 Å². The number of nitrogens with one attached hydrogen (secondary N) is 1. The number of methoxy groups -OCH3 is 2. The predicted molar refractivity (Wildman–Crippen MR) is 66.6 cm³/mol. The van der Waals surface area contributed by atoms with Crippen LogP contribution in [0, 0.1) is 6.92 Å². The highest BCUT2D eigenvalue weighted by Gasteiger charge is 2.07. The second-order valence-corrected chi connectivity index (χ2v) is 3.62. The predicted octanol–water partition coefficient (Wildman–Crippen LogP) is 2.35. The zero-order valence-electron chi connectivity index (χ0n) is 9.33. The van der Waals surface area contributed by atoms with Gasteiger partial charge in [0.2, 0.25) is 0 Å². The number of hydrogen-bond donors (Lipinski definition) is 2. The molecule has 0 aliphatic heterocycles. The van der Waals surface area contributed by atoms with E-state index in [9.17, 15) is 0 Å². The van der Waals surface area contributed by atoms with Crippen LogP contribution in [0.1, 0.15) is 5.56 Å². The van der Waals surface area contributed by atoms with Crippen molar-refractivity contribution >= 4 is 18.3 Å². The van der Waals surface area contributed by atoms with Gasteiger partial charge in [0.1, 0.15) is 0 Å². The van der Waals surface area contributed by atoms with Crippen molar-refractivity contribution < 1.29 is 9.47 Å². The van der Waals surface area contributed by atoms with Gasteiger partial charge in [-0.3, -0.25) is 0 Å². The highest BCUT2D eigenvalue weighted by molar-refractivity contribution is 7.80. The summed E-state index contributed by atoms with van der Waals surface area (Å²) in [5.41, 5.74) is 2.19. The Labute approximate surface area is 96.2 Å². The normalized spacial score (nSPS) is 9.87. The van der Waals surface area contributed by atoms with E-state index in [1.54, 1.807) is 14.2 Å². The Kier molecular flexibility index (Phi) is 4.62. The molecular weight excluding hydrogens is 210 g/mol. The maximum Gasteiger partial charge on any atom is 0.162 e. The minimum absolute atomic E-state index is 0.741. The quantitative estimate of drug-likeness (QED) is 0.757. The highest BCUT2D eigenvalue weighted by Crippen LogP contribution is 2.32. The van der Waals surface area contributed by atoms with Gasteiger partial charge in [-0.25, -0.2) is 0 Å². The molecule has 0 aliphatic carbocycles. The third kappa shape index (κ3) is 2.96. The molecule has 0 spiro atoms. The first-order chi connectivity index (χ1) is 7.22. The molecule has 0 amide bonds. The molecule has 15 heavy (non-hydrogen) atoms. The van der Waals surface area contributed by atoms with Crippen LogP contribution in [0.2, 0.25) is 0 Å². The van der Waals surface area contributed by atoms with Gasteiger partial charge >= 0.3 is 0 Å². The molecule has 84 valence electrons. The number of benzene rings is 1. The lowest BCUT2D eigenvalue weighted by Crippen LogP contribution is -2.04. The molecule has 0 radical (unpaired) electrons. The summed E-state index contributed by atoms with van der Waals surface area (Å²) in [6.07, 6.45) is 0. The van der Waals surface area contributed by atoms with Crippen molar-refractivity contribution in [3.8, 4) is 11.5 Å². The molecule has 1 rings (SSSR count). The standard InChI is InChI=1S/C11H17NO2S/c1-8-6-10(13-2)11(14-3)7-9(8)12-4-5-15/h6-7,12,15H,4-5H2,1-3H3. The van der Waals surface area contributed by atoms with E-state index >= 15 is 0 Å². The number of aryl methyl sites for hydroxylation is 1. The van der Waals surface area contributed by atoms with E-state index in [0.29, 0.717) is 0 Å². The van der Waals surface area contributed by atoms with Gasteiger partial charge in [0, 0.05) is 24.1 Å². The number of anilines is 1. The summed E-state index contributed by atoms with van der Waals surface area (Å²) in [6, 6.07) is 3.90. The summed E-state index contributed by atoms with van der Waals surface area (Å²) < 4.78 is 10.4. The lowest BCUT2D eigenvalue weighted by Gasteiger charge is -2.13. The van der Waals surface area contributed by atoms with E-state index in [2.05, 4.69) is 17.9 Å². The van der Waals surface area contributed by atoms with Gasteiger partial charge in [-0.15, -0.1) is 0 Å². The first-order valence-electron chi connectivity index (χ1n) is 4.80. The highest BCUT2D eigenvalue weighted by atomic mass is 32.1. The fourth-order valence-corrected chi connectivity index (χ4v) is 1.47. The van der Waals surface area contributed by atoms with Gasteiger partial charge in [-0.2, -0.15) is 12.6 Å². The largest absolute Gasteiger partial charge is 0.493 e. The second-order valence-electron chi connectivity index (χ2n) is 3.17. The second kappa shape index (κ2) is 5.75. The van der Waals surface area contributed by atoms with Gasteiger partial charge < -0.3 is 14.8 Å². The van der Waals surface area contributed by atoms with Crippen LogP contribution in [0.4, 0.5) is 5.69 Å². The molecule has 0 unspecified atom stereocenters. The Morgan fingerprint density at radius 3 is 2.33 bits per heavy atom. The number of thiol groups is 1. The van der Waals surface area contributed by atoms with E-state index < -0.39 is 0 Å². The summed E-state index contributed by atoms with van der Waals surface area (Å²) in [7, 11) is 3.27. The SMILES string of the molecule is COc1cc(C)c(NCCS)cc1OC. The molecule has 4 heteroatoms. The maximum atomic E-state index is 5.23. The van der Waals surface area contributed by atoms with Crippen LogP contribution in [0.5, 0.6) is 11.5 Å². The first kappa shape index (κ1) is 12.0. The van der Waals surface area contributed by atoms with Crippen molar-refractivity contribution in [3.63, 3.8) is 0 Å². The van der Waals surface area contributed by atoms with Crippen LogP contribution in [0.25, 0.3) is 0 Å². The fourth-order valence-electron chi connectivity index (χ4n) is 1.36.